The van der Waals surface area contributed by atoms with Crippen molar-refractivity contribution >= 4 is 29.8 Å². The van der Waals surface area contributed by atoms with Gasteiger partial charge in [-0.25, -0.2) is 9.59 Å². The van der Waals surface area contributed by atoms with Crippen molar-refractivity contribution in [3.63, 3.8) is 0 Å². The summed E-state index contributed by atoms with van der Waals surface area (Å²) < 4.78 is 10.8. The molecule has 11 heteroatoms. The Morgan fingerprint density at radius 2 is 1.11 bits per heavy atom. The van der Waals surface area contributed by atoms with Crippen molar-refractivity contribution in [1.82, 2.24) is 16.0 Å². The summed E-state index contributed by atoms with van der Waals surface area (Å²) in [5.41, 5.74) is 4.13. The van der Waals surface area contributed by atoms with E-state index < -0.39 is 23.7 Å². The number of carboxylic acids is 1. The average molecular weight is 764 g/mol. The summed E-state index contributed by atoms with van der Waals surface area (Å²) >= 11 is 0. The minimum Gasteiger partial charge on any atom is -0.480 e. The number of aliphatic carboxylic acids is 1. The van der Waals surface area contributed by atoms with E-state index in [4.69, 9.17) is 9.47 Å². The molecule has 0 aliphatic heterocycles. The first-order chi connectivity index (χ1) is 26.4. The lowest BCUT2D eigenvalue weighted by Gasteiger charge is -2.19. The summed E-state index contributed by atoms with van der Waals surface area (Å²) in [7, 11) is 0. The average Bonchev–Trinajstić information content (AvgIpc) is 3.46. The fraction of sp³-hybridized carbons (Fsp3) is 0.614. The summed E-state index contributed by atoms with van der Waals surface area (Å²) in [6, 6.07) is 15.0. The number of hydrogen-bond donors (Lipinski definition) is 4. The number of ether oxygens (including phenoxy) is 2. The highest BCUT2D eigenvalue weighted by Crippen LogP contribution is 2.44. The van der Waals surface area contributed by atoms with Gasteiger partial charge in [0, 0.05) is 38.3 Å². The summed E-state index contributed by atoms with van der Waals surface area (Å²) in [6.07, 6.45) is 15.7. The Bertz CT molecular complexity index is 1460. The third-order valence-electron chi connectivity index (χ3n) is 9.81. The number of amides is 3. The molecule has 55 heavy (non-hydrogen) atoms. The Morgan fingerprint density at radius 3 is 1.62 bits per heavy atom. The van der Waals surface area contributed by atoms with Gasteiger partial charge in [-0.15, -0.1) is 0 Å². The molecule has 0 spiro atoms. The molecule has 1 aliphatic rings. The second-order valence-corrected chi connectivity index (χ2v) is 15.6. The Labute approximate surface area is 328 Å². The van der Waals surface area contributed by atoms with Gasteiger partial charge in [-0.1, -0.05) is 126 Å². The van der Waals surface area contributed by atoms with E-state index in [0.717, 1.165) is 54.4 Å². The van der Waals surface area contributed by atoms with Gasteiger partial charge < -0.3 is 30.5 Å². The second-order valence-electron chi connectivity index (χ2n) is 15.6. The minimum atomic E-state index is -1.17. The van der Waals surface area contributed by atoms with Crippen LogP contribution in [0, 0.1) is 0 Å². The van der Waals surface area contributed by atoms with Gasteiger partial charge in [0.05, 0.1) is 0 Å². The van der Waals surface area contributed by atoms with Crippen LogP contribution in [-0.4, -0.2) is 66.3 Å². The van der Waals surface area contributed by atoms with E-state index in [2.05, 4.69) is 28.1 Å². The van der Waals surface area contributed by atoms with Gasteiger partial charge in [-0.3, -0.25) is 14.4 Å². The quantitative estimate of drug-likeness (QED) is 0.0520. The maximum atomic E-state index is 12.4. The second kappa shape index (κ2) is 24.9. The number of esters is 1. The lowest BCUT2D eigenvalue weighted by Crippen LogP contribution is -2.42. The largest absolute Gasteiger partial charge is 0.480 e. The zero-order chi connectivity index (χ0) is 39.9. The third-order valence-corrected chi connectivity index (χ3v) is 9.81. The molecule has 0 heterocycles. The van der Waals surface area contributed by atoms with Crippen molar-refractivity contribution < 1.29 is 38.6 Å². The van der Waals surface area contributed by atoms with E-state index in [1.807, 2.05) is 57.2 Å². The van der Waals surface area contributed by atoms with Crippen molar-refractivity contribution in [2.75, 3.05) is 19.7 Å². The maximum absolute atomic E-state index is 12.4. The zero-order valence-corrected chi connectivity index (χ0v) is 33.4. The molecule has 0 aromatic heterocycles. The van der Waals surface area contributed by atoms with Gasteiger partial charge in [-0.2, -0.15) is 0 Å². The molecule has 2 aromatic carbocycles. The van der Waals surface area contributed by atoms with Gasteiger partial charge in [-0.05, 0) is 62.3 Å². The van der Waals surface area contributed by atoms with E-state index in [-0.39, 0.29) is 62.7 Å². The van der Waals surface area contributed by atoms with Crippen LogP contribution in [0.4, 0.5) is 4.79 Å². The molecule has 11 nitrogen and oxygen atoms in total. The number of carbonyl (C=O) groups is 5. The fourth-order valence-electron chi connectivity index (χ4n) is 6.97. The van der Waals surface area contributed by atoms with Crippen LogP contribution in [0.3, 0.4) is 0 Å². The predicted octanol–water partition coefficient (Wildman–Crippen LogP) is 8.57. The molecule has 1 atom stereocenters. The number of fused-ring (bicyclic) bond motifs is 3. The summed E-state index contributed by atoms with van der Waals surface area (Å²) in [4.78, 5) is 60.6. The van der Waals surface area contributed by atoms with E-state index >= 15 is 0 Å². The van der Waals surface area contributed by atoms with Crippen LogP contribution in [0.5, 0.6) is 0 Å². The van der Waals surface area contributed by atoms with Crippen molar-refractivity contribution in [3.05, 3.63) is 59.7 Å². The molecular weight excluding hydrogens is 698 g/mol. The minimum absolute atomic E-state index is 0.0252. The normalized spacial score (nSPS) is 12.6. The third kappa shape index (κ3) is 18.2. The monoisotopic (exact) mass is 763 g/mol. The molecule has 3 rings (SSSR count). The molecule has 0 fully saturated rings. The summed E-state index contributed by atoms with van der Waals surface area (Å²) in [6.45, 7) is 6.20. The Morgan fingerprint density at radius 1 is 0.636 bits per heavy atom. The molecule has 1 aliphatic carbocycles. The van der Waals surface area contributed by atoms with Crippen LogP contribution in [-0.2, 0) is 28.7 Å². The highest BCUT2D eigenvalue weighted by atomic mass is 16.6. The molecule has 3 amide bonds. The van der Waals surface area contributed by atoms with E-state index in [1.54, 1.807) is 0 Å². The first kappa shape index (κ1) is 45.0. The van der Waals surface area contributed by atoms with Crippen molar-refractivity contribution in [2.45, 2.75) is 154 Å². The lowest BCUT2D eigenvalue weighted by atomic mass is 9.98. The zero-order valence-electron chi connectivity index (χ0n) is 33.4. The first-order valence-corrected chi connectivity index (χ1v) is 20.5. The maximum Gasteiger partial charge on any atom is 0.407 e. The van der Waals surface area contributed by atoms with Crippen molar-refractivity contribution in [3.8, 4) is 11.1 Å². The van der Waals surface area contributed by atoms with E-state index in [9.17, 15) is 29.1 Å². The van der Waals surface area contributed by atoms with Crippen LogP contribution < -0.4 is 16.0 Å². The number of unbranched alkanes of at least 4 members (excludes halogenated alkanes) is 13. The molecule has 0 radical (unpaired) electrons. The molecule has 0 saturated carbocycles. The van der Waals surface area contributed by atoms with Gasteiger partial charge >= 0.3 is 18.0 Å². The fourth-order valence-corrected chi connectivity index (χ4v) is 6.97. The standard InChI is InChI=1S/C44H65N3O8/c1-44(2,3)55-41(50)27-17-15-13-11-9-7-5-4-6-8-10-12-14-16-26-40(49)47-38(42(51)52)28-29-39(48)45-30-31-46-43(53)54-32-37-35-24-20-18-22-33(35)34-23-19-21-25-36(34)37/h18-25,37-38H,4-17,26-32H2,1-3H3,(H,45,48)(H,46,53)(H,47,49)(H,51,52)/t38-/m0/s1. The smallest absolute Gasteiger partial charge is 0.407 e. The molecule has 0 unspecified atom stereocenters. The molecule has 4 N–H and O–H groups in total. The van der Waals surface area contributed by atoms with Crippen LogP contribution in [0.1, 0.15) is 153 Å². The van der Waals surface area contributed by atoms with Gasteiger partial charge in [0.25, 0.3) is 0 Å². The SMILES string of the molecule is CC(C)(C)OC(=O)CCCCCCCCCCCCCCCCC(=O)N[C@@H](CCC(=O)NCCNC(=O)OCC1c2ccccc2-c2ccccc21)C(=O)O. The van der Waals surface area contributed by atoms with Gasteiger partial charge in [0.1, 0.15) is 18.2 Å². The summed E-state index contributed by atoms with van der Waals surface area (Å²) in [5.74, 6) is -2.00. The Kier molecular flexibility index (Phi) is 20.4. The van der Waals surface area contributed by atoms with E-state index in [0.29, 0.717) is 12.8 Å². The number of carboxylic acid groups (broad SMARTS) is 1. The predicted molar refractivity (Wildman–Crippen MR) is 215 cm³/mol. The van der Waals surface area contributed by atoms with Gasteiger partial charge in [0.15, 0.2) is 0 Å². The number of alkyl carbamates (subject to hydrolysis) is 1. The highest BCUT2D eigenvalue weighted by Gasteiger charge is 2.29. The Hall–Kier alpha value is -4.41. The number of carbonyl (C=O) groups excluding carboxylic acids is 4. The molecule has 0 saturated heterocycles. The number of hydrogen-bond acceptors (Lipinski definition) is 7. The molecule has 0 bridgehead atoms. The van der Waals surface area contributed by atoms with Crippen LogP contribution in [0.2, 0.25) is 0 Å². The first-order valence-electron chi connectivity index (χ1n) is 20.5. The topological polar surface area (TPSA) is 160 Å². The number of rotatable bonds is 27. The molecule has 304 valence electrons. The Balaban J connectivity index is 1.13. The highest BCUT2D eigenvalue weighted by molar-refractivity contribution is 5.84. The van der Waals surface area contributed by atoms with Gasteiger partial charge in [0.2, 0.25) is 11.8 Å². The number of benzene rings is 2. The van der Waals surface area contributed by atoms with Crippen LogP contribution in [0.25, 0.3) is 11.1 Å². The van der Waals surface area contributed by atoms with Crippen LogP contribution in [0.15, 0.2) is 48.5 Å². The molecule has 2 aromatic rings. The van der Waals surface area contributed by atoms with Crippen molar-refractivity contribution in [1.29, 1.82) is 0 Å². The summed E-state index contributed by atoms with van der Waals surface area (Å²) in [5, 5.41) is 17.4. The van der Waals surface area contributed by atoms with Crippen molar-refractivity contribution in [2.24, 2.45) is 0 Å². The van der Waals surface area contributed by atoms with Crippen LogP contribution >= 0.6 is 0 Å². The molecular formula is C44H65N3O8. The number of nitrogens with one attached hydrogen (secondary N) is 3. The van der Waals surface area contributed by atoms with E-state index in [1.165, 1.54) is 51.4 Å². The lowest BCUT2D eigenvalue weighted by molar-refractivity contribution is -0.155.